The average Bonchev–Trinajstić information content (AvgIpc) is 2.52. The Kier molecular flexibility index (Phi) is 4.47. The fourth-order valence-electron chi connectivity index (χ4n) is 3.87. The minimum Gasteiger partial charge on any atom is -0.453 e. The van der Waals surface area contributed by atoms with Crippen LogP contribution in [-0.4, -0.2) is 33.2 Å². The summed E-state index contributed by atoms with van der Waals surface area (Å²) in [6, 6.07) is 3.07. The minimum atomic E-state index is -0.861. The van der Waals surface area contributed by atoms with Crippen LogP contribution in [0.25, 0.3) is 0 Å². The van der Waals surface area contributed by atoms with E-state index in [9.17, 15) is 9.59 Å². The van der Waals surface area contributed by atoms with Gasteiger partial charge in [0.25, 0.3) is 0 Å². The first kappa shape index (κ1) is 16.7. The van der Waals surface area contributed by atoms with Crippen molar-refractivity contribution < 1.29 is 23.4 Å². The third-order valence-electron chi connectivity index (χ3n) is 4.62. The van der Waals surface area contributed by atoms with Crippen LogP contribution in [0.3, 0.4) is 0 Å². The molecule has 0 saturated heterocycles. The molecule has 1 N–H and O–H groups in total. The molecule has 0 spiro atoms. The molecular formula is C17H21NO6. The Hall–Kier alpha value is -2.12. The number of methoxy groups -OCH3 is 2. The summed E-state index contributed by atoms with van der Waals surface area (Å²) in [6.07, 6.45) is 2.26. The maximum absolute atomic E-state index is 12.0. The summed E-state index contributed by atoms with van der Waals surface area (Å²) in [6.45, 7) is 2.11. The van der Waals surface area contributed by atoms with Crippen molar-refractivity contribution in [2.45, 2.75) is 31.4 Å². The van der Waals surface area contributed by atoms with Gasteiger partial charge in [0.05, 0.1) is 13.2 Å². The first-order chi connectivity index (χ1) is 11.5. The summed E-state index contributed by atoms with van der Waals surface area (Å²) >= 11 is 0. The third-order valence-corrected chi connectivity index (χ3v) is 4.62. The van der Waals surface area contributed by atoms with E-state index in [-0.39, 0.29) is 18.8 Å². The lowest BCUT2D eigenvalue weighted by Gasteiger charge is -2.50. The molecule has 0 aliphatic heterocycles. The van der Waals surface area contributed by atoms with Crippen molar-refractivity contribution in [3.63, 3.8) is 0 Å². The zero-order chi connectivity index (χ0) is 17.3. The second kappa shape index (κ2) is 6.41. The molecule has 3 atom stereocenters. The van der Waals surface area contributed by atoms with Gasteiger partial charge in [-0.1, -0.05) is 11.6 Å². The number of hydrogen-bond donors (Lipinski definition) is 1. The van der Waals surface area contributed by atoms with E-state index in [1.165, 1.54) is 13.2 Å². The molecule has 0 radical (unpaired) electrons. The number of ether oxygens (including phenoxy) is 3. The fourth-order valence-corrected chi connectivity index (χ4v) is 3.87. The van der Waals surface area contributed by atoms with Gasteiger partial charge >= 0.3 is 11.7 Å². The molecule has 0 aromatic carbocycles. The molecule has 2 aliphatic rings. The van der Waals surface area contributed by atoms with Crippen molar-refractivity contribution in [1.29, 1.82) is 0 Å². The summed E-state index contributed by atoms with van der Waals surface area (Å²) in [5.74, 6) is 0.536. The van der Waals surface area contributed by atoms with Crippen molar-refractivity contribution in [3.05, 3.63) is 45.5 Å². The zero-order valence-corrected chi connectivity index (χ0v) is 14.0. The van der Waals surface area contributed by atoms with E-state index < -0.39 is 17.3 Å². The monoisotopic (exact) mass is 335 g/mol. The highest BCUT2D eigenvalue weighted by atomic mass is 16.7. The van der Waals surface area contributed by atoms with Crippen LogP contribution >= 0.6 is 0 Å². The number of hydrogen-bond acceptors (Lipinski definition) is 6. The highest BCUT2D eigenvalue weighted by molar-refractivity contribution is 5.69. The van der Waals surface area contributed by atoms with E-state index in [0.29, 0.717) is 18.6 Å². The third kappa shape index (κ3) is 2.74. The van der Waals surface area contributed by atoms with Gasteiger partial charge in [-0.05, 0) is 19.4 Å². The Morgan fingerprint density at radius 1 is 1.42 bits per heavy atom. The van der Waals surface area contributed by atoms with Crippen molar-refractivity contribution in [1.82, 2.24) is 5.32 Å². The summed E-state index contributed by atoms with van der Waals surface area (Å²) in [5.41, 5.74) is 0.611. The number of nitrogens with one attached hydrogen (secondary N) is 1. The molecule has 7 nitrogen and oxygen atoms in total. The van der Waals surface area contributed by atoms with Crippen molar-refractivity contribution in [2.24, 2.45) is 5.92 Å². The SMILES string of the molecule is COCOC1C2C=C(C)CC1(NC(=O)OC)c1ccc(=O)oc1C2. The molecule has 130 valence electrons. The molecule has 24 heavy (non-hydrogen) atoms. The molecule has 3 rings (SSSR count). The quantitative estimate of drug-likeness (QED) is 0.666. The van der Waals surface area contributed by atoms with E-state index in [0.717, 1.165) is 11.1 Å². The Bertz CT molecular complexity index is 724. The van der Waals surface area contributed by atoms with Gasteiger partial charge in [-0.15, -0.1) is 0 Å². The number of fused-ring (bicyclic) bond motifs is 4. The van der Waals surface area contributed by atoms with Crippen LogP contribution in [0.15, 0.2) is 33.0 Å². The van der Waals surface area contributed by atoms with Gasteiger partial charge in [0.2, 0.25) is 0 Å². The molecule has 3 unspecified atom stereocenters. The van der Waals surface area contributed by atoms with Crippen LogP contribution in [0, 0.1) is 5.92 Å². The summed E-state index contributed by atoms with van der Waals surface area (Å²) < 4.78 is 21.2. The minimum absolute atomic E-state index is 0.0379. The number of carbonyl (C=O) groups is 1. The highest BCUT2D eigenvalue weighted by Gasteiger charge is 2.53. The van der Waals surface area contributed by atoms with Crippen LogP contribution in [-0.2, 0) is 26.2 Å². The highest BCUT2D eigenvalue weighted by Crippen LogP contribution is 2.47. The molecule has 2 aliphatic carbocycles. The van der Waals surface area contributed by atoms with E-state index in [4.69, 9.17) is 18.6 Å². The number of alkyl carbamates (subject to hydrolysis) is 1. The maximum atomic E-state index is 12.0. The Morgan fingerprint density at radius 2 is 2.21 bits per heavy atom. The molecule has 1 heterocycles. The molecule has 0 saturated carbocycles. The Morgan fingerprint density at radius 3 is 2.92 bits per heavy atom. The molecule has 1 amide bonds. The van der Waals surface area contributed by atoms with Gasteiger partial charge in [-0.2, -0.15) is 0 Å². The van der Waals surface area contributed by atoms with Crippen molar-refractivity contribution >= 4 is 6.09 Å². The van der Waals surface area contributed by atoms with Gasteiger partial charge in [0.15, 0.2) is 0 Å². The lowest BCUT2D eigenvalue weighted by Crippen LogP contribution is -2.61. The maximum Gasteiger partial charge on any atom is 0.407 e. The van der Waals surface area contributed by atoms with Crippen LogP contribution in [0.5, 0.6) is 0 Å². The summed E-state index contributed by atoms with van der Waals surface area (Å²) in [4.78, 5) is 23.7. The first-order valence-electron chi connectivity index (χ1n) is 7.77. The molecule has 1 aromatic heterocycles. The molecule has 0 fully saturated rings. The lowest BCUT2D eigenvalue weighted by atomic mass is 9.64. The van der Waals surface area contributed by atoms with E-state index in [1.807, 2.05) is 6.92 Å². The predicted octanol–water partition coefficient (Wildman–Crippen LogP) is 1.70. The van der Waals surface area contributed by atoms with Gasteiger partial charge in [-0.25, -0.2) is 9.59 Å². The van der Waals surface area contributed by atoms with Crippen LogP contribution in [0.4, 0.5) is 4.79 Å². The topological polar surface area (TPSA) is 87.0 Å². The van der Waals surface area contributed by atoms with Gasteiger partial charge < -0.3 is 23.9 Å². The standard InChI is InChI=1S/C17H21NO6/c1-10-6-11-7-13-12(4-5-14(19)24-13)17(8-10,18-16(20)22-3)15(11)23-9-21-2/h4-6,11,15H,7-9H2,1-3H3,(H,18,20). The molecule has 2 bridgehead atoms. The second-order valence-electron chi connectivity index (χ2n) is 6.23. The number of amides is 1. The normalized spacial score (nSPS) is 27.9. The van der Waals surface area contributed by atoms with E-state index >= 15 is 0 Å². The Labute approximate surface area is 139 Å². The largest absolute Gasteiger partial charge is 0.453 e. The molecule has 1 aromatic rings. The van der Waals surface area contributed by atoms with Crippen molar-refractivity contribution in [2.75, 3.05) is 21.0 Å². The van der Waals surface area contributed by atoms with Crippen LogP contribution in [0.1, 0.15) is 24.7 Å². The van der Waals surface area contributed by atoms with Gasteiger partial charge in [0.1, 0.15) is 18.1 Å². The van der Waals surface area contributed by atoms with Crippen LogP contribution < -0.4 is 10.9 Å². The van der Waals surface area contributed by atoms with Crippen molar-refractivity contribution in [3.8, 4) is 0 Å². The summed E-state index contributed by atoms with van der Waals surface area (Å²) in [7, 11) is 2.86. The predicted molar refractivity (Wildman–Crippen MR) is 84.5 cm³/mol. The van der Waals surface area contributed by atoms with E-state index in [2.05, 4.69) is 11.4 Å². The first-order valence-corrected chi connectivity index (χ1v) is 7.77. The molecule has 7 heteroatoms. The van der Waals surface area contributed by atoms with Gasteiger partial charge in [-0.3, -0.25) is 0 Å². The second-order valence-corrected chi connectivity index (χ2v) is 6.23. The summed E-state index contributed by atoms with van der Waals surface area (Å²) in [5, 5.41) is 2.93. The fraction of sp³-hybridized carbons (Fsp3) is 0.529. The van der Waals surface area contributed by atoms with Gasteiger partial charge in [0, 0.05) is 31.1 Å². The van der Waals surface area contributed by atoms with E-state index in [1.54, 1.807) is 13.2 Å². The molecular weight excluding hydrogens is 314 g/mol. The number of carbonyl (C=O) groups excluding carboxylic acids is 1. The lowest BCUT2D eigenvalue weighted by molar-refractivity contribution is -0.128. The Balaban J connectivity index is 2.15. The smallest absolute Gasteiger partial charge is 0.407 e. The average molecular weight is 335 g/mol. The zero-order valence-electron chi connectivity index (χ0n) is 14.0. The van der Waals surface area contributed by atoms with Crippen LogP contribution in [0.2, 0.25) is 0 Å². The number of rotatable bonds is 4.